The lowest BCUT2D eigenvalue weighted by Crippen LogP contribution is -2.44. The second kappa shape index (κ2) is 7.12. The van der Waals surface area contributed by atoms with Crippen LogP contribution in [0.3, 0.4) is 0 Å². The summed E-state index contributed by atoms with van der Waals surface area (Å²) in [5.74, 6) is 1.03. The fraction of sp³-hybridized carbons (Fsp3) is 0.647. The number of piperidine rings is 1. The van der Waals surface area contributed by atoms with Crippen molar-refractivity contribution in [3.63, 3.8) is 0 Å². The van der Waals surface area contributed by atoms with E-state index < -0.39 is 0 Å². The monoisotopic (exact) mass is 385 g/mol. The van der Waals surface area contributed by atoms with Crippen molar-refractivity contribution in [3.8, 4) is 5.75 Å². The lowest BCUT2D eigenvalue weighted by molar-refractivity contribution is 0.0631. The standard InChI is InChI=1S/C17H24INO/c18-14-6-8-16(9-7-14)20-17-10-12-19(13-11-17)15-4-2-1-3-5-15/h6-9,15,17H,1-5,10-13H2. The Bertz CT molecular complexity index is 406. The Kier molecular flexibility index (Phi) is 5.21. The van der Waals surface area contributed by atoms with E-state index in [9.17, 15) is 0 Å². The Balaban J connectivity index is 1.47. The quantitative estimate of drug-likeness (QED) is 0.712. The first-order valence-electron chi connectivity index (χ1n) is 7.97. The van der Waals surface area contributed by atoms with Gasteiger partial charge < -0.3 is 9.64 Å². The molecule has 0 unspecified atom stereocenters. The van der Waals surface area contributed by atoms with Gasteiger partial charge in [0.15, 0.2) is 0 Å². The van der Waals surface area contributed by atoms with Gasteiger partial charge in [-0.25, -0.2) is 0 Å². The minimum absolute atomic E-state index is 0.412. The average molecular weight is 385 g/mol. The summed E-state index contributed by atoms with van der Waals surface area (Å²) >= 11 is 2.33. The predicted molar refractivity (Wildman–Crippen MR) is 91.3 cm³/mol. The summed E-state index contributed by atoms with van der Waals surface area (Å²) in [5, 5.41) is 0. The summed E-state index contributed by atoms with van der Waals surface area (Å²) in [4.78, 5) is 2.72. The van der Waals surface area contributed by atoms with Crippen molar-refractivity contribution in [1.29, 1.82) is 0 Å². The number of benzene rings is 1. The van der Waals surface area contributed by atoms with Crippen LogP contribution in [0.15, 0.2) is 24.3 Å². The summed E-state index contributed by atoms with van der Waals surface area (Å²) in [7, 11) is 0. The Morgan fingerprint density at radius 2 is 1.55 bits per heavy atom. The Hall–Kier alpha value is -0.290. The molecule has 20 heavy (non-hydrogen) atoms. The first-order chi connectivity index (χ1) is 9.81. The van der Waals surface area contributed by atoms with E-state index in [1.807, 2.05) is 0 Å². The van der Waals surface area contributed by atoms with Crippen molar-refractivity contribution < 1.29 is 4.74 Å². The molecule has 0 N–H and O–H groups in total. The molecule has 1 aromatic carbocycles. The Labute approximate surface area is 136 Å². The van der Waals surface area contributed by atoms with Gasteiger partial charge in [-0.1, -0.05) is 19.3 Å². The summed E-state index contributed by atoms with van der Waals surface area (Å²) in [6.45, 7) is 2.44. The van der Waals surface area contributed by atoms with Crippen molar-refractivity contribution in [1.82, 2.24) is 4.90 Å². The third-order valence-corrected chi connectivity index (χ3v) is 5.40. The molecule has 3 rings (SSSR count). The summed E-state index contributed by atoms with van der Waals surface area (Å²) in [6, 6.07) is 9.29. The molecule has 3 heteroatoms. The normalized spacial score (nSPS) is 22.9. The molecule has 0 aromatic heterocycles. The number of hydrogen-bond donors (Lipinski definition) is 0. The van der Waals surface area contributed by atoms with E-state index in [0.29, 0.717) is 6.10 Å². The van der Waals surface area contributed by atoms with E-state index >= 15 is 0 Å². The van der Waals surface area contributed by atoms with Gasteiger partial charge in [0.2, 0.25) is 0 Å². The van der Waals surface area contributed by atoms with Crippen LogP contribution in [0.5, 0.6) is 5.75 Å². The molecule has 1 saturated heterocycles. The first kappa shape index (κ1) is 14.6. The van der Waals surface area contributed by atoms with Crippen LogP contribution in [-0.2, 0) is 0 Å². The van der Waals surface area contributed by atoms with E-state index in [1.54, 1.807) is 0 Å². The fourth-order valence-electron chi connectivity index (χ4n) is 3.51. The summed E-state index contributed by atoms with van der Waals surface area (Å²) in [5.41, 5.74) is 0. The summed E-state index contributed by atoms with van der Waals surface area (Å²) in [6.07, 6.45) is 9.93. The average Bonchev–Trinajstić information content (AvgIpc) is 2.51. The molecule has 1 aromatic rings. The zero-order chi connectivity index (χ0) is 13.8. The van der Waals surface area contributed by atoms with Crippen molar-refractivity contribution in [3.05, 3.63) is 27.8 Å². The molecule has 2 fully saturated rings. The molecular formula is C17H24INO. The largest absolute Gasteiger partial charge is 0.490 e. The van der Waals surface area contributed by atoms with E-state index in [1.165, 1.54) is 61.6 Å². The number of halogens is 1. The Morgan fingerprint density at radius 1 is 0.900 bits per heavy atom. The van der Waals surface area contributed by atoms with Crippen LogP contribution in [0, 0.1) is 3.57 Å². The van der Waals surface area contributed by atoms with E-state index in [2.05, 4.69) is 51.8 Å². The van der Waals surface area contributed by atoms with Crippen LogP contribution < -0.4 is 4.74 Å². The third-order valence-electron chi connectivity index (χ3n) is 4.68. The highest BCUT2D eigenvalue weighted by molar-refractivity contribution is 14.1. The number of ether oxygens (including phenoxy) is 1. The minimum atomic E-state index is 0.412. The number of rotatable bonds is 3. The summed E-state index contributed by atoms with van der Waals surface area (Å²) < 4.78 is 7.38. The van der Waals surface area contributed by atoms with E-state index in [0.717, 1.165) is 11.8 Å². The lowest BCUT2D eigenvalue weighted by atomic mass is 9.92. The first-order valence-corrected chi connectivity index (χ1v) is 9.05. The van der Waals surface area contributed by atoms with Crippen molar-refractivity contribution in [2.75, 3.05) is 13.1 Å². The van der Waals surface area contributed by atoms with Crippen LogP contribution in [0.2, 0.25) is 0 Å². The van der Waals surface area contributed by atoms with Crippen molar-refractivity contribution in [2.24, 2.45) is 0 Å². The molecule has 1 saturated carbocycles. The second-order valence-corrected chi connectivity index (χ2v) is 7.34. The molecule has 110 valence electrons. The molecule has 1 heterocycles. The maximum Gasteiger partial charge on any atom is 0.119 e. The van der Waals surface area contributed by atoms with Crippen LogP contribution >= 0.6 is 22.6 Å². The van der Waals surface area contributed by atoms with Gasteiger partial charge in [-0.15, -0.1) is 0 Å². The van der Waals surface area contributed by atoms with Crippen LogP contribution in [0.25, 0.3) is 0 Å². The molecule has 2 aliphatic rings. The molecular weight excluding hydrogens is 361 g/mol. The van der Waals surface area contributed by atoms with E-state index in [-0.39, 0.29) is 0 Å². The number of likely N-dealkylation sites (tertiary alicyclic amines) is 1. The molecule has 0 amide bonds. The van der Waals surface area contributed by atoms with Gasteiger partial charge in [0.05, 0.1) is 0 Å². The molecule has 2 nitrogen and oxygen atoms in total. The van der Waals surface area contributed by atoms with Crippen molar-refractivity contribution >= 4 is 22.6 Å². The van der Waals surface area contributed by atoms with Gasteiger partial charge in [0.1, 0.15) is 11.9 Å². The zero-order valence-electron chi connectivity index (χ0n) is 12.1. The number of hydrogen-bond acceptors (Lipinski definition) is 2. The minimum Gasteiger partial charge on any atom is -0.490 e. The van der Waals surface area contributed by atoms with Gasteiger partial charge in [-0.3, -0.25) is 0 Å². The van der Waals surface area contributed by atoms with Gasteiger partial charge >= 0.3 is 0 Å². The Morgan fingerprint density at radius 3 is 2.20 bits per heavy atom. The smallest absolute Gasteiger partial charge is 0.119 e. The van der Waals surface area contributed by atoms with E-state index in [4.69, 9.17) is 4.74 Å². The maximum atomic E-state index is 6.12. The fourth-order valence-corrected chi connectivity index (χ4v) is 3.87. The topological polar surface area (TPSA) is 12.5 Å². The van der Waals surface area contributed by atoms with Gasteiger partial charge in [-0.05, 0) is 72.5 Å². The molecule has 1 aliphatic heterocycles. The van der Waals surface area contributed by atoms with Crippen LogP contribution in [-0.4, -0.2) is 30.1 Å². The zero-order valence-corrected chi connectivity index (χ0v) is 14.2. The highest BCUT2D eigenvalue weighted by Crippen LogP contribution is 2.26. The van der Waals surface area contributed by atoms with Gasteiger partial charge in [0, 0.05) is 22.7 Å². The molecule has 1 aliphatic carbocycles. The number of nitrogens with zero attached hydrogens (tertiary/aromatic N) is 1. The SMILES string of the molecule is Ic1ccc(OC2CCN(C3CCCCC3)CC2)cc1. The predicted octanol–water partition coefficient (Wildman–Crippen LogP) is 4.47. The molecule has 0 bridgehead atoms. The van der Waals surface area contributed by atoms with Crippen molar-refractivity contribution in [2.45, 2.75) is 57.1 Å². The molecule has 0 spiro atoms. The van der Waals surface area contributed by atoms with Crippen LogP contribution in [0.4, 0.5) is 0 Å². The maximum absolute atomic E-state index is 6.12. The highest BCUT2D eigenvalue weighted by atomic mass is 127. The molecule has 0 atom stereocenters. The lowest BCUT2D eigenvalue weighted by Gasteiger charge is -2.39. The van der Waals surface area contributed by atoms with Crippen LogP contribution in [0.1, 0.15) is 44.9 Å². The van der Waals surface area contributed by atoms with Gasteiger partial charge in [-0.2, -0.15) is 0 Å². The van der Waals surface area contributed by atoms with Gasteiger partial charge in [0.25, 0.3) is 0 Å². The highest BCUT2D eigenvalue weighted by Gasteiger charge is 2.26. The molecule has 0 radical (unpaired) electrons. The third kappa shape index (κ3) is 3.88. The second-order valence-electron chi connectivity index (χ2n) is 6.10.